The fraction of sp³-hybridized carbons (Fsp3) is 0.294. The number of carbonyl (C=O) groups excluding carboxylic acids is 2. The van der Waals surface area contributed by atoms with Gasteiger partial charge in [0.2, 0.25) is 6.04 Å². The molecule has 1 aromatic carbocycles. The summed E-state index contributed by atoms with van der Waals surface area (Å²) in [6.45, 7) is 0. The second-order valence-electron chi connectivity index (χ2n) is 5.60. The van der Waals surface area contributed by atoms with Gasteiger partial charge in [-0.2, -0.15) is 0 Å². The van der Waals surface area contributed by atoms with Gasteiger partial charge in [0.05, 0.1) is 7.11 Å². The Morgan fingerprint density at radius 3 is 2.60 bits per heavy atom. The summed E-state index contributed by atoms with van der Waals surface area (Å²) >= 11 is 0. The molecule has 1 aromatic rings. The molecule has 1 aliphatic rings. The maximum Gasteiger partial charge on any atom is 0.328 e. The third-order valence-electron chi connectivity index (χ3n) is 3.82. The first-order chi connectivity index (χ1) is 11.9. The highest BCUT2D eigenvalue weighted by atomic mass is 16.6. The molecule has 132 valence electrons. The van der Waals surface area contributed by atoms with Crippen LogP contribution in [0.25, 0.3) is 0 Å². The molecule has 0 bridgehead atoms. The Morgan fingerprint density at radius 1 is 1.40 bits per heavy atom. The number of benzene rings is 1. The number of nitrogen functional groups attached to an aromatic ring is 1. The first-order valence-corrected chi connectivity index (χ1v) is 7.65. The molecule has 8 heteroatoms. The van der Waals surface area contributed by atoms with Gasteiger partial charge < -0.3 is 15.8 Å². The van der Waals surface area contributed by atoms with Gasteiger partial charge in [0.1, 0.15) is 6.04 Å². The number of hydrogen-bond acceptors (Lipinski definition) is 6. The largest absolute Gasteiger partial charge is 0.467 e. The summed E-state index contributed by atoms with van der Waals surface area (Å²) in [7, 11) is 1.24. The van der Waals surface area contributed by atoms with Gasteiger partial charge in [-0.3, -0.25) is 14.9 Å². The average molecular weight is 345 g/mol. The zero-order valence-electron chi connectivity index (χ0n) is 13.7. The van der Waals surface area contributed by atoms with E-state index in [-0.39, 0.29) is 18.4 Å². The lowest BCUT2D eigenvalue weighted by Gasteiger charge is -2.18. The van der Waals surface area contributed by atoms with Gasteiger partial charge in [-0.05, 0) is 29.8 Å². The van der Waals surface area contributed by atoms with Gasteiger partial charge in [0, 0.05) is 29.0 Å². The van der Waals surface area contributed by atoms with E-state index in [4.69, 9.17) is 10.5 Å². The lowest BCUT2D eigenvalue weighted by molar-refractivity contribution is -0.508. The van der Waals surface area contributed by atoms with E-state index in [0.717, 1.165) is 5.56 Å². The van der Waals surface area contributed by atoms with Crippen molar-refractivity contribution in [2.24, 2.45) is 0 Å². The fourth-order valence-electron chi connectivity index (χ4n) is 2.40. The molecule has 3 N–H and O–H groups in total. The second kappa shape index (κ2) is 8.09. The smallest absolute Gasteiger partial charge is 0.328 e. The molecule has 1 amide bonds. The van der Waals surface area contributed by atoms with Crippen molar-refractivity contribution < 1.29 is 19.2 Å². The van der Waals surface area contributed by atoms with E-state index in [1.807, 2.05) is 0 Å². The molecule has 2 atom stereocenters. The number of carbonyl (C=O) groups is 2. The van der Waals surface area contributed by atoms with E-state index in [0.29, 0.717) is 5.69 Å². The van der Waals surface area contributed by atoms with E-state index >= 15 is 0 Å². The number of nitrogens with two attached hydrogens (primary N) is 1. The zero-order chi connectivity index (χ0) is 18.4. The van der Waals surface area contributed by atoms with Crippen molar-refractivity contribution in [1.82, 2.24) is 5.32 Å². The molecule has 0 heterocycles. The minimum Gasteiger partial charge on any atom is -0.467 e. The number of rotatable bonds is 6. The van der Waals surface area contributed by atoms with Crippen LogP contribution in [0.5, 0.6) is 0 Å². The minimum absolute atomic E-state index is 0.132. The standard InChI is InChI=1S/C17H19N3O5/c1-25-17(22)15(10-11-2-6-13(18)7-3-11)19-16(21)12-4-8-14(9-5-12)20(23)24/h2-8,14-15H,9-10,18H2,1H3,(H,19,21). The van der Waals surface area contributed by atoms with Crippen LogP contribution in [-0.2, 0) is 20.7 Å². The van der Waals surface area contributed by atoms with Gasteiger partial charge in [0.25, 0.3) is 5.91 Å². The van der Waals surface area contributed by atoms with Crippen molar-refractivity contribution in [3.63, 3.8) is 0 Å². The molecule has 25 heavy (non-hydrogen) atoms. The van der Waals surface area contributed by atoms with Crippen molar-refractivity contribution in [1.29, 1.82) is 0 Å². The summed E-state index contributed by atoms with van der Waals surface area (Å²) in [5.41, 5.74) is 7.32. The molecule has 1 aliphatic carbocycles. The van der Waals surface area contributed by atoms with Crippen molar-refractivity contribution in [3.05, 3.63) is 63.7 Å². The van der Waals surface area contributed by atoms with Crippen LogP contribution < -0.4 is 11.1 Å². The van der Waals surface area contributed by atoms with Crippen LogP contribution in [0.15, 0.2) is 48.1 Å². The number of amides is 1. The van der Waals surface area contributed by atoms with E-state index in [1.54, 1.807) is 24.3 Å². The number of nitro groups is 1. The van der Waals surface area contributed by atoms with Crippen LogP contribution in [0.3, 0.4) is 0 Å². The lowest BCUT2D eigenvalue weighted by atomic mass is 10.0. The van der Waals surface area contributed by atoms with Crippen LogP contribution >= 0.6 is 0 Å². The van der Waals surface area contributed by atoms with Gasteiger partial charge in [-0.25, -0.2) is 4.79 Å². The Balaban J connectivity index is 2.05. The lowest BCUT2D eigenvalue weighted by Crippen LogP contribution is -2.43. The van der Waals surface area contributed by atoms with Crippen molar-refractivity contribution in [2.45, 2.75) is 24.9 Å². The van der Waals surface area contributed by atoms with Crippen molar-refractivity contribution >= 4 is 17.6 Å². The number of methoxy groups -OCH3 is 1. The summed E-state index contributed by atoms with van der Waals surface area (Å²) < 4.78 is 4.74. The molecular weight excluding hydrogens is 326 g/mol. The van der Waals surface area contributed by atoms with Crippen molar-refractivity contribution in [2.75, 3.05) is 12.8 Å². The quantitative estimate of drug-likeness (QED) is 0.343. The summed E-state index contributed by atoms with van der Waals surface area (Å²) in [5.74, 6) is -1.06. The predicted molar refractivity (Wildman–Crippen MR) is 91.1 cm³/mol. The topological polar surface area (TPSA) is 125 Å². The van der Waals surface area contributed by atoms with E-state index < -0.39 is 28.9 Å². The number of anilines is 1. The molecule has 0 fully saturated rings. The third kappa shape index (κ3) is 4.90. The maximum absolute atomic E-state index is 12.3. The second-order valence-corrected chi connectivity index (χ2v) is 5.60. The fourth-order valence-corrected chi connectivity index (χ4v) is 2.40. The minimum atomic E-state index is -0.872. The van der Waals surface area contributed by atoms with Crippen LogP contribution in [0, 0.1) is 10.1 Å². The molecule has 0 saturated heterocycles. The molecule has 0 radical (unpaired) electrons. The van der Waals surface area contributed by atoms with Gasteiger partial charge in [-0.1, -0.05) is 18.2 Å². The van der Waals surface area contributed by atoms with Crippen molar-refractivity contribution in [3.8, 4) is 0 Å². The Bertz CT molecular complexity index is 724. The highest BCUT2D eigenvalue weighted by Crippen LogP contribution is 2.14. The predicted octanol–water partition coefficient (Wildman–Crippen LogP) is 1.00. The molecule has 0 aromatic heterocycles. The molecular formula is C17H19N3O5. The van der Waals surface area contributed by atoms with Gasteiger partial charge in [-0.15, -0.1) is 0 Å². The van der Waals surface area contributed by atoms with Gasteiger partial charge >= 0.3 is 5.97 Å². The number of hydrogen-bond donors (Lipinski definition) is 2. The summed E-state index contributed by atoms with van der Waals surface area (Å²) in [6, 6.07) is 5.23. The zero-order valence-corrected chi connectivity index (χ0v) is 13.7. The van der Waals surface area contributed by atoms with Crippen LogP contribution in [0.4, 0.5) is 5.69 Å². The monoisotopic (exact) mass is 345 g/mol. The van der Waals surface area contributed by atoms with E-state index in [2.05, 4.69) is 5.32 Å². The number of nitrogens with zero attached hydrogens (tertiary/aromatic N) is 1. The van der Waals surface area contributed by atoms with Gasteiger partial charge in [0.15, 0.2) is 0 Å². The Kier molecular flexibility index (Phi) is 5.89. The highest BCUT2D eigenvalue weighted by Gasteiger charge is 2.25. The van der Waals surface area contributed by atoms with E-state index in [1.165, 1.54) is 25.3 Å². The highest BCUT2D eigenvalue weighted by molar-refractivity contribution is 5.98. The Labute approximate surface area is 144 Å². The molecule has 0 saturated carbocycles. The first-order valence-electron chi connectivity index (χ1n) is 7.65. The molecule has 0 aliphatic heterocycles. The van der Waals surface area contributed by atoms with Crippen LogP contribution in [-0.4, -0.2) is 36.0 Å². The number of esters is 1. The molecule has 0 spiro atoms. The summed E-state index contributed by atoms with van der Waals surface area (Å²) in [6.07, 6.45) is 4.62. The SMILES string of the molecule is COC(=O)C(Cc1ccc(N)cc1)NC(=O)C1=CCC([N+](=O)[O-])C=C1. The van der Waals surface area contributed by atoms with Crippen LogP contribution in [0.1, 0.15) is 12.0 Å². The number of ether oxygens (including phenoxy) is 1. The third-order valence-corrected chi connectivity index (χ3v) is 3.82. The number of nitrogens with one attached hydrogen (secondary N) is 1. The molecule has 2 rings (SSSR count). The normalized spacial score (nSPS) is 17.3. The molecule has 8 nitrogen and oxygen atoms in total. The maximum atomic E-state index is 12.3. The van der Waals surface area contributed by atoms with E-state index in [9.17, 15) is 19.7 Å². The Morgan fingerprint density at radius 2 is 2.08 bits per heavy atom. The first kappa shape index (κ1) is 18.2. The Hall–Kier alpha value is -3.16. The summed E-state index contributed by atoms with van der Waals surface area (Å²) in [5, 5.41) is 13.3. The van der Waals surface area contributed by atoms with Crippen LogP contribution in [0.2, 0.25) is 0 Å². The molecule has 2 unspecified atom stereocenters. The summed E-state index contributed by atoms with van der Waals surface area (Å²) in [4.78, 5) is 34.6. The average Bonchev–Trinajstić information content (AvgIpc) is 2.62.